The minimum atomic E-state index is -0.868. The van der Waals surface area contributed by atoms with Crippen LogP contribution in [0.5, 0.6) is 5.75 Å². The Bertz CT molecular complexity index is 538. The molecule has 1 amide bonds. The molecule has 1 atom stereocenters. The second-order valence-corrected chi connectivity index (χ2v) is 5.97. The van der Waals surface area contributed by atoms with Crippen molar-refractivity contribution in [2.75, 3.05) is 0 Å². The van der Waals surface area contributed by atoms with Crippen molar-refractivity contribution in [3.63, 3.8) is 0 Å². The standard InChI is InChI=1S/C16H19NO4/c18-14(19)10-16(7-3-4-8-16)17-15(20)13-9-11-5-1-2-6-12(11)21-13/h1-2,5-6,13H,3-4,7-10H2,(H,17,20)(H,18,19). The summed E-state index contributed by atoms with van der Waals surface area (Å²) in [7, 11) is 0. The first kappa shape index (κ1) is 13.9. The van der Waals surface area contributed by atoms with Crippen LogP contribution in [0.25, 0.3) is 0 Å². The number of carbonyl (C=O) groups is 2. The van der Waals surface area contributed by atoms with Gasteiger partial charge in [0.05, 0.1) is 12.0 Å². The number of fused-ring (bicyclic) bond motifs is 1. The van der Waals surface area contributed by atoms with Crippen LogP contribution in [0.4, 0.5) is 0 Å². The van der Waals surface area contributed by atoms with Crippen molar-refractivity contribution in [2.24, 2.45) is 0 Å². The Labute approximate surface area is 123 Å². The molecule has 2 aliphatic rings. The first-order valence-electron chi connectivity index (χ1n) is 7.36. The smallest absolute Gasteiger partial charge is 0.305 e. The number of nitrogens with one attached hydrogen (secondary N) is 1. The van der Waals surface area contributed by atoms with Crippen LogP contribution in [-0.2, 0) is 16.0 Å². The van der Waals surface area contributed by atoms with Crippen LogP contribution in [0.1, 0.15) is 37.7 Å². The summed E-state index contributed by atoms with van der Waals surface area (Å²) in [4.78, 5) is 23.5. The number of hydrogen-bond donors (Lipinski definition) is 2. The monoisotopic (exact) mass is 289 g/mol. The molecule has 5 heteroatoms. The number of aliphatic carboxylic acids is 1. The molecule has 1 saturated carbocycles. The maximum absolute atomic E-state index is 12.4. The third-order valence-electron chi connectivity index (χ3n) is 4.38. The van der Waals surface area contributed by atoms with Gasteiger partial charge in [-0.3, -0.25) is 9.59 Å². The predicted molar refractivity (Wildman–Crippen MR) is 76.2 cm³/mol. The van der Waals surface area contributed by atoms with E-state index in [0.29, 0.717) is 6.42 Å². The normalized spacial score (nSPS) is 22.4. The first-order valence-corrected chi connectivity index (χ1v) is 7.36. The minimum Gasteiger partial charge on any atom is -0.481 e. The van der Waals surface area contributed by atoms with Crippen LogP contribution < -0.4 is 10.1 Å². The van der Waals surface area contributed by atoms with E-state index >= 15 is 0 Å². The average Bonchev–Trinajstić information content (AvgIpc) is 3.04. The van der Waals surface area contributed by atoms with Crippen LogP contribution >= 0.6 is 0 Å². The van der Waals surface area contributed by atoms with Gasteiger partial charge in [-0.1, -0.05) is 31.0 Å². The fourth-order valence-electron chi connectivity index (χ4n) is 3.36. The van der Waals surface area contributed by atoms with Gasteiger partial charge in [-0.05, 0) is 24.5 Å². The second kappa shape index (κ2) is 5.39. The molecular weight excluding hydrogens is 270 g/mol. The van der Waals surface area contributed by atoms with Crippen molar-refractivity contribution >= 4 is 11.9 Å². The molecule has 1 unspecified atom stereocenters. The number of amides is 1. The fraction of sp³-hybridized carbons (Fsp3) is 0.500. The van der Waals surface area contributed by atoms with Crippen molar-refractivity contribution in [2.45, 2.75) is 50.2 Å². The molecule has 1 aromatic carbocycles. The van der Waals surface area contributed by atoms with Gasteiger partial charge in [0.25, 0.3) is 5.91 Å². The van der Waals surface area contributed by atoms with E-state index in [1.807, 2.05) is 24.3 Å². The predicted octanol–water partition coefficient (Wildman–Crippen LogP) is 1.89. The molecule has 0 aromatic heterocycles. The van der Waals surface area contributed by atoms with Crippen molar-refractivity contribution in [1.29, 1.82) is 0 Å². The molecule has 1 aliphatic carbocycles. The van der Waals surface area contributed by atoms with Gasteiger partial charge < -0.3 is 15.2 Å². The van der Waals surface area contributed by atoms with E-state index in [1.54, 1.807) is 0 Å². The number of rotatable bonds is 4. The van der Waals surface area contributed by atoms with Crippen LogP contribution in [0, 0.1) is 0 Å². The van der Waals surface area contributed by atoms with Crippen molar-refractivity contribution in [1.82, 2.24) is 5.32 Å². The maximum Gasteiger partial charge on any atom is 0.305 e. The minimum absolute atomic E-state index is 0.0155. The van der Waals surface area contributed by atoms with Gasteiger partial charge >= 0.3 is 5.97 Å². The number of para-hydroxylation sites is 1. The Kier molecular flexibility index (Phi) is 3.57. The zero-order valence-corrected chi connectivity index (χ0v) is 11.8. The topological polar surface area (TPSA) is 75.6 Å². The lowest BCUT2D eigenvalue weighted by Gasteiger charge is -2.29. The molecule has 0 radical (unpaired) electrons. The van der Waals surface area contributed by atoms with E-state index in [-0.39, 0.29) is 12.3 Å². The molecular formula is C16H19NO4. The molecule has 2 N–H and O–H groups in total. The maximum atomic E-state index is 12.4. The quantitative estimate of drug-likeness (QED) is 0.887. The highest BCUT2D eigenvalue weighted by Gasteiger charge is 2.40. The molecule has 0 spiro atoms. The lowest BCUT2D eigenvalue weighted by molar-refractivity contribution is -0.139. The molecule has 3 rings (SSSR count). The molecule has 5 nitrogen and oxygen atoms in total. The summed E-state index contributed by atoms with van der Waals surface area (Å²) in [6.07, 6.45) is 3.35. The Morgan fingerprint density at radius 2 is 2.00 bits per heavy atom. The van der Waals surface area contributed by atoms with E-state index in [0.717, 1.165) is 37.0 Å². The molecule has 1 aromatic rings. The van der Waals surface area contributed by atoms with Gasteiger partial charge in [0.2, 0.25) is 0 Å². The summed E-state index contributed by atoms with van der Waals surface area (Å²) in [5.74, 6) is -0.321. The molecule has 21 heavy (non-hydrogen) atoms. The number of benzene rings is 1. The van der Waals surface area contributed by atoms with E-state index in [4.69, 9.17) is 9.84 Å². The number of carboxylic acid groups (broad SMARTS) is 1. The van der Waals surface area contributed by atoms with Crippen LogP contribution in [-0.4, -0.2) is 28.6 Å². The Balaban J connectivity index is 1.68. The number of ether oxygens (including phenoxy) is 1. The highest BCUT2D eigenvalue weighted by Crippen LogP contribution is 2.34. The third-order valence-corrected chi connectivity index (χ3v) is 4.38. The third kappa shape index (κ3) is 2.86. The van der Waals surface area contributed by atoms with Gasteiger partial charge in [-0.25, -0.2) is 0 Å². The molecule has 1 heterocycles. The molecule has 1 fully saturated rings. The van der Waals surface area contributed by atoms with Crippen LogP contribution in [0.3, 0.4) is 0 Å². The van der Waals surface area contributed by atoms with Crippen LogP contribution in [0.2, 0.25) is 0 Å². The molecule has 1 aliphatic heterocycles. The fourth-order valence-corrected chi connectivity index (χ4v) is 3.36. The number of carboxylic acids is 1. The van der Waals surface area contributed by atoms with Crippen molar-refractivity contribution in [3.8, 4) is 5.75 Å². The summed E-state index contributed by atoms with van der Waals surface area (Å²) in [5, 5.41) is 12.0. The summed E-state index contributed by atoms with van der Waals surface area (Å²) < 4.78 is 5.67. The second-order valence-electron chi connectivity index (χ2n) is 5.97. The molecule has 0 saturated heterocycles. The number of hydrogen-bond acceptors (Lipinski definition) is 3. The van der Waals surface area contributed by atoms with E-state index in [2.05, 4.69) is 5.32 Å². The molecule has 112 valence electrons. The average molecular weight is 289 g/mol. The Hall–Kier alpha value is -2.04. The SMILES string of the molecule is O=C(O)CC1(NC(=O)C2Cc3ccccc3O2)CCCC1. The zero-order chi connectivity index (χ0) is 14.9. The van der Waals surface area contributed by atoms with Gasteiger partial charge in [-0.2, -0.15) is 0 Å². The zero-order valence-electron chi connectivity index (χ0n) is 11.8. The van der Waals surface area contributed by atoms with E-state index in [9.17, 15) is 9.59 Å². The van der Waals surface area contributed by atoms with E-state index < -0.39 is 17.6 Å². The van der Waals surface area contributed by atoms with Gasteiger partial charge in [-0.15, -0.1) is 0 Å². The molecule has 0 bridgehead atoms. The van der Waals surface area contributed by atoms with Gasteiger partial charge in [0.1, 0.15) is 5.75 Å². The summed E-state index contributed by atoms with van der Waals surface area (Å²) in [6.45, 7) is 0. The number of carbonyl (C=O) groups excluding carboxylic acids is 1. The van der Waals surface area contributed by atoms with Gasteiger partial charge in [0.15, 0.2) is 6.10 Å². The van der Waals surface area contributed by atoms with E-state index in [1.165, 1.54) is 0 Å². The highest BCUT2D eigenvalue weighted by molar-refractivity contribution is 5.84. The summed E-state index contributed by atoms with van der Waals surface area (Å²) in [6, 6.07) is 7.60. The van der Waals surface area contributed by atoms with Crippen molar-refractivity contribution < 1.29 is 19.4 Å². The Morgan fingerprint density at radius 3 is 2.67 bits per heavy atom. The van der Waals surface area contributed by atoms with Crippen molar-refractivity contribution in [3.05, 3.63) is 29.8 Å². The highest BCUT2D eigenvalue weighted by atomic mass is 16.5. The summed E-state index contributed by atoms with van der Waals surface area (Å²) in [5.41, 5.74) is 0.428. The first-order chi connectivity index (χ1) is 10.1. The lowest BCUT2D eigenvalue weighted by atomic mass is 9.92. The van der Waals surface area contributed by atoms with Crippen LogP contribution in [0.15, 0.2) is 24.3 Å². The summed E-state index contributed by atoms with van der Waals surface area (Å²) >= 11 is 0. The lowest BCUT2D eigenvalue weighted by Crippen LogP contribution is -2.52. The Morgan fingerprint density at radius 1 is 1.29 bits per heavy atom. The largest absolute Gasteiger partial charge is 0.481 e. The van der Waals surface area contributed by atoms with Gasteiger partial charge in [0, 0.05) is 6.42 Å².